The van der Waals surface area contributed by atoms with Gasteiger partial charge < -0.3 is 5.32 Å². The summed E-state index contributed by atoms with van der Waals surface area (Å²) in [7, 11) is 0. The molecule has 0 aromatic carbocycles. The smallest absolute Gasteiger partial charge is 0.266 e. The summed E-state index contributed by atoms with van der Waals surface area (Å²) in [5.41, 5.74) is 2.76. The van der Waals surface area contributed by atoms with E-state index in [0.29, 0.717) is 0 Å². The number of rotatable bonds is 5. The molecule has 0 amide bonds. The first-order valence-electron chi connectivity index (χ1n) is 5.95. The zero-order valence-electron chi connectivity index (χ0n) is 10.6. The van der Waals surface area contributed by atoms with Crippen LogP contribution in [0.25, 0.3) is 0 Å². The van der Waals surface area contributed by atoms with Gasteiger partial charge in [0, 0.05) is 24.8 Å². The largest absolute Gasteiger partial charge is 0.384 e. The second-order valence-corrected chi connectivity index (χ2v) is 4.26. The van der Waals surface area contributed by atoms with Crippen molar-refractivity contribution in [1.82, 2.24) is 20.0 Å². The average Bonchev–Trinajstić information content (AvgIpc) is 2.64. The molecule has 96 valence electrons. The van der Waals surface area contributed by atoms with Gasteiger partial charge in [-0.25, -0.2) is 5.10 Å². The lowest BCUT2D eigenvalue weighted by molar-refractivity contribution is 0.573. The number of nitrogens with zero attached hydrogens (tertiary/aromatic N) is 3. The lowest BCUT2D eigenvalue weighted by Gasteiger charge is -2.06. The number of hydrogen-bond acceptors (Lipinski definition) is 4. The number of aromatic nitrogens is 4. The Kier molecular flexibility index (Phi) is 3.76. The molecule has 2 rings (SSSR count). The van der Waals surface area contributed by atoms with Gasteiger partial charge in [0.25, 0.3) is 5.56 Å². The van der Waals surface area contributed by atoms with Crippen molar-refractivity contribution in [2.24, 2.45) is 0 Å². The van der Waals surface area contributed by atoms with Crippen LogP contribution in [0.3, 0.4) is 0 Å². The van der Waals surface area contributed by atoms with Crippen LogP contribution in [-0.2, 0) is 6.54 Å². The van der Waals surface area contributed by atoms with Gasteiger partial charge in [0.15, 0.2) is 0 Å². The molecule has 0 aliphatic carbocycles. The topological polar surface area (TPSA) is 75.6 Å². The number of aromatic amines is 1. The molecule has 0 fully saturated rings. The van der Waals surface area contributed by atoms with E-state index < -0.39 is 0 Å². The van der Waals surface area contributed by atoms with Crippen LogP contribution in [-0.4, -0.2) is 26.5 Å². The minimum absolute atomic E-state index is 0.196. The van der Waals surface area contributed by atoms with E-state index in [1.165, 1.54) is 11.8 Å². The summed E-state index contributed by atoms with van der Waals surface area (Å²) in [5, 5.41) is 13.6. The van der Waals surface area contributed by atoms with Crippen LogP contribution in [0, 0.1) is 13.8 Å². The van der Waals surface area contributed by atoms with Gasteiger partial charge in [-0.1, -0.05) is 0 Å². The molecule has 0 aliphatic heterocycles. The molecule has 0 unspecified atom stereocenters. The summed E-state index contributed by atoms with van der Waals surface area (Å²) >= 11 is 0. The van der Waals surface area contributed by atoms with Crippen LogP contribution in [0.5, 0.6) is 0 Å². The second-order valence-electron chi connectivity index (χ2n) is 4.26. The Hall–Kier alpha value is -2.11. The van der Waals surface area contributed by atoms with Crippen molar-refractivity contribution in [2.75, 3.05) is 11.9 Å². The summed E-state index contributed by atoms with van der Waals surface area (Å²) in [6, 6.07) is 3.56. The Bertz CT molecular complexity index is 572. The van der Waals surface area contributed by atoms with Crippen LogP contribution in [0.1, 0.15) is 17.8 Å². The van der Waals surface area contributed by atoms with Crippen LogP contribution < -0.4 is 10.9 Å². The molecular formula is C12H17N5O. The number of hydrogen-bond donors (Lipinski definition) is 2. The second kappa shape index (κ2) is 5.48. The summed E-state index contributed by atoms with van der Waals surface area (Å²) in [6.07, 6.45) is 2.54. The molecule has 0 atom stereocenters. The third-order valence-electron chi connectivity index (χ3n) is 2.64. The lowest BCUT2D eigenvalue weighted by atomic mass is 10.3. The molecule has 2 aromatic rings. The SMILES string of the molecule is Cc1cc(C)n(CCCNc2cn[nH]c(=O)c2)n1. The fraction of sp³-hybridized carbons (Fsp3) is 0.417. The molecule has 0 bridgehead atoms. The Labute approximate surface area is 105 Å². The minimum Gasteiger partial charge on any atom is -0.384 e. The molecule has 0 aliphatic rings. The molecule has 2 N–H and O–H groups in total. The molecule has 0 spiro atoms. The van der Waals surface area contributed by atoms with Crippen LogP contribution in [0.4, 0.5) is 5.69 Å². The van der Waals surface area contributed by atoms with E-state index in [1.807, 2.05) is 18.5 Å². The van der Waals surface area contributed by atoms with E-state index in [4.69, 9.17) is 0 Å². The molecule has 6 heteroatoms. The van der Waals surface area contributed by atoms with E-state index >= 15 is 0 Å². The molecule has 2 heterocycles. The fourth-order valence-electron chi connectivity index (χ4n) is 1.84. The Morgan fingerprint density at radius 3 is 2.89 bits per heavy atom. The Morgan fingerprint density at radius 2 is 2.22 bits per heavy atom. The number of H-pyrrole nitrogens is 1. The predicted octanol–water partition coefficient (Wildman–Crippen LogP) is 1.09. The van der Waals surface area contributed by atoms with Crippen LogP contribution in [0.2, 0.25) is 0 Å². The third kappa shape index (κ3) is 3.19. The zero-order chi connectivity index (χ0) is 13.0. The molecule has 0 saturated carbocycles. The monoisotopic (exact) mass is 247 g/mol. The van der Waals surface area contributed by atoms with Gasteiger partial charge in [0.2, 0.25) is 0 Å². The van der Waals surface area contributed by atoms with Crippen molar-refractivity contribution in [3.05, 3.63) is 40.1 Å². The zero-order valence-corrected chi connectivity index (χ0v) is 10.6. The van der Waals surface area contributed by atoms with Crippen molar-refractivity contribution in [3.8, 4) is 0 Å². The molecular weight excluding hydrogens is 230 g/mol. The summed E-state index contributed by atoms with van der Waals surface area (Å²) < 4.78 is 1.99. The predicted molar refractivity (Wildman–Crippen MR) is 69.7 cm³/mol. The molecule has 18 heavy (non-hydrogen) atoms. The van der Waals surface area contributed by atoms with Gasteiger partial charge in [0.05, 0.1) is 17.6 Å². The van der Waals surface area contributed by atoms with Gasteiger partial charge in [-0.3, -0.25) is 9.48 Å². The van der Waals surface area contributed by atoms with Gasteiger partial charge in [0.1, 0.15) is 0 Å². The van der Waals surface area contributed by atoms with Gasteiger partial charge >= 0.3 is 0 Å². The highest BCUT2D eigenvalue weighted by Crippen LogP contribution is 2.03. The number of anilines is 1. The van der Waals surface area contributed by atoms with Crippen molar-refractivity contribution in [1.29, 1.82) is 0 Å². The Balaban J connectivity index is 1.80. The third-order valence-corrected chi connectivity index (χ3v) is 2.64. The maximum atomic E-state index is 11.0. The number of nitrogens with one attached hydrogen (secondary N) is 2. The highest BCUT2D eigenvalue weighted by Gasteiger charge is 2.00. The van der Waals surface area contributed by atoms with E-state index in [9.17, 15) is 4.79 Å². The minimum atomic E-state index is -0.196. The Morgan fingerprint density at radius 1 is 1.39 bits per heavy atom. The first-order chi connectivity index (χ1) is 8.65. The first-order valence-corrected chi connectivity index (χ1v) is 5.95. The first kappa shape index (κ1) is 12.3. The fourth-order valence-corrected chi connectivity index (χ4v) is 1.84. The van der Waals surface area contributed by atoms with Crippen molar-refractivity contribution >= 4 is 5.69 Å². The van der Waals surface area contributed by atoms with Gasteiger partial charge in [-0.05, 0) is 26.3 Å². The molecule has 0 radical (unpaired) electrons. The van der Waals surface area contributed by atoms with Crippen molar-refractivity contribution in [2.45, 2.75) is 26.8 Å². The van der Waals surface area contributed by atoms with E-state index in [-0.39, 0.29) is 5.56 Å². The molecule has 6 nitrogen and oxygen atoms in total. The number of aryl methyl sites for hydroxylation is 3. The van der Waals surface area contributed by atoms with E-state index in [0.717, 1.165) is 30.9 Å². The molecule has 0 saturated heterocycles. The maximum absolute atomic E-state index is 11.0. The van der Waals surface area contributed by atoms with Crippen LogP contribution >= 0.6 is 0 Å². The summed E-state index contributed by atoms with van der Waals surface area (Å²) in [5.74, 6) is 0. The normalized spacial score (nSPS) is 10.6. The quantitative estimate of drug-likeness (QED) is 0.775. The average molecular weight is 247 g/mol. The lowest BCUT2D eigenvalue weighted by Crippen LogP contribution is -2.12. The standard InChI is InChI=1S/C12H17N5O/c1-9-6-10(2)17(16-9)5-3-4-13-11-7-12(18)15-14-8-11/h6-8H,3-5H2,1-2H3,(H2,13,15,18). The highest BCUT2D eigenvalue weighted by atomic mass is 16.1. The highest BCUT2D eigenvalue weighted by molar-refractivity contribution is 5.38. The van der Waals surface area contributed by atoms with Gasteiger partial charge in [-0.2, -0.15) is 10.2 Å². The van der Waals surface area contributed by atoms with Crippen molar-refractivity contribution in [3.63, 3.8) is 0 Å². The summed E-state index contributed by atoms with van der Waals surface area (Å²) in [4.78, 5) is 11.0. The van der Waals surface area contributed by atoms with Crippen molar-refractivity contribution < 1.29 is 0 Å². The van der Waals surface area contributed by atoms with E-state index in [2.05, 4.69) is 26.7 Å². The van der Waals surface area contributed by atoms with E-state index in [1.54, 1.807) is 6.20 Å². The maximum Gasteiger partial charge on any atom is 0.266 e. The molecule has 2 aromatic heterocycles. The van der Waals surface area contributed by atoms with Crippen LogP contribution in [0.15, 0.2) is 23.1 Å². The summed E-state index contributed by atoms with van der Waals surface area (Å²) in [6.45, 7) is 5.69. The van der Waals surface area contributed by atoms with Gasteiger partial charge in [-0.15, -0.1) is 0 Å².